The van der Waals surface area contributed by atoms with E-state index in [1.807, 2.05) is 6.07 Å². The van der Waals surface area contributed by atoms with E-state index < -0.39 is 11.9 Å². The molecule has 0 spiro atoms. The van der Waals surface area contributed by atoms with Crippen LogP contribution in [-0.2, 0) is 9.53 Å². The number of carbonyl (C=O) groups excluding carboxylic acids is 1. The molecule has 132 valence electrons. The Morgan fingerprint density at radius 1 is 1.28 bits per heavy atom. The number of aliphatic carboxylic acids is 1. The smallest absolute Gasteiger partial charge is 0.323 e. The highest BCUT2D eigenvalue weighted by Gasteiger charge is 2.29. The molecular weight excluding hydrogens is 346 g/mol. The minimum atomic E-state index is -1.05. The number of aromatic nitrogens is 2. The second-order valence-corrected chi connectivity index (χ2v) is 6.17. The van der Waals surface area contributed by atoms with Gasteiger partial charge in [0.2, 0.25) is 0 Å². The molecule has 1 aliphatic heterocycles. The van der Waals surface area contributed by atoms with Crippen molar-refractivity contribution in [3.63, 3.8) is 0 Å². The van der Waals surface area contributed by atoms with Crippen LogP contribution in [0.4, 0.5) is 0 Å². The van der Waals surface area contributed by atoms with Crippen LogP contribution in [0.1, 0.15) is 23.3 Å². The Kier molecular flexibility index (Phi) is 5.35. The topological polar surface area (TPSA) is 84.7 Å². The van der Waals surface area contributed by atoms with E-state index in [0.717, 1.165) is 0 Å². The number of amides is 1. The molecule has 7 nitrogen and oxygen atoms in total. The minimum Gasteiger partial charge on any atom is -0.480 e. The van der Waals surface area contributed by atoms with Gasteiger partial charge in [-0.1, -0.05) is 23.7 Å². The third-order valence-electron chi connectivity index (χ3n) is 4.11. The molecule has 2 heterocycles. The molecular formula is C17H18ClN3O4. The van der Waals surface area contributed by atoms with Gasteiger partial charge in [-0.05, 0) is 31.0 Å². The average molecular weight is 364 g/mol. The largest absolute Gasteiger partial charge is 0.480 e. The molecule has 0 saturated carbocycles. The number of hydrogen-bond acceptors (Lipinski definition) is 4. The molecule has 2 aromatic rings. The number of carboxylic acid groups (broad SMARTS) is 1. The molecule has 1 aliphatic rings. The van der Waals surface area contributed by atoms with Gasteiger partial charge in [-0.15, -0.1) is 0 Å². The highest BCUT2D eigenvalue weighted by atomic mass is 35.5. The van der Waals surface area contributed by atoms with Crippen LogP contribution < -0.4 is 0 Å². The first-order valence-electron chi connectivity index (χ1n) is 7.97. The van der Waals surface area contributed by atoms with Crippen molar-refractivity contribution in [1.82, 2.24) is 14.7 Å². The summed E-state index contributed by atoms with van der Waals surface area (Å²) in [5, 5.41) is 14.0. The van der Waals surface area contributed by atoms with Crippen LogP contribution in [0.2, 0.25) is 5.02 Å². The van der Waals surface area contributed by atoms with Crippen LogP contribution in [0.25, 0.3) is 5.69 Å². The van der Waals surface area contributed by atoms with E-state index in [0.29, 0.717) is 36.8 Å². The van der Waals surface area contributed by atoms with Gasteiger partial charge in [0.1, 0.15) is 6.54 Å². The molecule has 1 aromatic heterocycles. The van der Waals surface area contributed by atoms with E-state index in [1.54, 1.807) is 30.5 Å². The van der Waals surface area contributed by atoms with Gasteiger partial charge in [-0.25, -0.2) is 4.68 Å². The van der Waals surface area contributed by atoms with Crippen molar-refractivity contribution in [1.29, 1.82) is 0 Å². The highest BCUT2D eigenvalue weighted by molar-refractivity contribution is 6.32. The number of rotatable bonds is 5. The number of nitrogens with zero attached hydrogens (tertiary/aromatic N) is 3. The highest BCUT2D eigenvalue weighted by Crippen LogP contribution is 2.21. The fraction of sp³-hybridized carbons (Fsp3) is 0.353. The second kappa shape index (κ2) is 7.67. The predicted octanol–water partition coefficient (Wildman–Crippen LogP) is 2.23. The fourth-order valence-corrected chi connectivity index (χ4v) is 3.09. The molecule has 8 heteroatoms. The second-order valence-electron chi connectivity index (χ2n) is 5.77. The standard InChI is InChI=1S/C17H18ClN3O4/c18-13-3-1-2-4-15(13)21-8-5-14(19-21)17(24)20(11-16(22)23)12-6-9-25-10-7-12/h1-5,8,12H,6-7,9-11H2,(H,22,23). The summed E-state index contributed by atoms with van der Waals surface area (Å²) in [5.74, 6) is -1.45. The molecule has 3 rings (SSSR count). The molecule has 0 bridgehead atoms. The number of ether oxygens (including phenoxy) is 1. The van der Waals surface area contributed by atoms with Crippen molar-refractivity contribution in [2.75, 3.05) is 19.8 Å². The van der Waals surface area contributed by atoms with Gasteiger partial charge in [0.15, 0.2) is 5.69 Å². The van der Waals surface area contributed by atoms with E-state index in [9.17, 15) is 9.59 Å². The van der Waals surface area contributed by atoms with Crippen molar-refractivity contribution >= 4 is 23.5 Å². The van der Waals surface area contributed by atoms with E-state index >= 15 is 0 Å². The van der Waals surface area contributed by atoms with Crippen LogP contribution in [0.15, 0.2) is 36.5 Å². The lowest BCUT2D eigenvalue weighted by molar-refractivity contribution is -0.138. The lowest BCUT2D eigenvalue weighted by Crippen LogP contribution is -2.46. The Labute approximate surface area is 149 Å². The third-order valence-corrected chi connectivity index (χ3v) is 4.43. The Morgan fingerprint density at radius 3 is 2.68 bits per heavy atom. The molecule has 0 aliphatic carbocycles. The zero-order valence-corrected chi connectivity index (χ0v) is 14.2. The maximum atomic E-state index is 12.8. The Bertz CT molecular complexity index is 771. The lowest BCUT2D eigenvalue weighted by Gasteiger charge is -2.32. The van der Waals surface area contributed by atoms with Crippen LogP contribution >= 0.6 is 11.6 Å². The maximum absolute atomic E-state index is 12.8. The molecule has 25 heavy (non-hydrogen) atoms. The Balaban J connectivity index is 1.84. The van der Waals surface area contributed by atoms with Gasteiger partial charge in [-0.2, -0.15) is 5.10 Å². The quantitative estimate of drug-likeness (QED) is 0.880. The van der Waals surface area contributed by atoms with Gasteiger partial charge >= 0.3 is 5.97 Å². The summed E-state index contributed by atoms with van der Waals surface area (Å²) >= 11 is 6.15. The normalized spacial score (nSPS) is 15.1. The monoisotopic (exact) mass is 363 g/mol. The van der Waals surface area contributed by atoms with E-state index in [-0.39, 0.29) is 18.3 Å². The summed E-state index contributed by atoms with van der Waals surface area (Å²) in [6, 6.07) is 8.56. The van der Waals surface area contributed by atoms with E-state index in [2.05, 4.69) is 5.10 Å². The zero-order chi connectivity index (χ0) is 17.8. The summed E-state index contributed by atoms with van der Waals surface area (Å²) < 4.78 is 6.81. The number of carbonyl (C=O) groups is 2. The van der Waals surface area contributed by atoms with Gasteiger partial charge in [0.05, 0.1) is 10.7 Å². The number of halogens is 1. The lowest BCUT2D eigenvalue weighted by atomic mass is 10.1. The average Bonchev–Trinajstić information content (AvgIpc) is 3.10. The fourth-order valence-electron chi connectivity index (χ4n) is 2.87. The third kappa shape index (κ3) is 4.00. The molecule has 1 aromatic carbocycles. The molecule has 1 fully saturated rings. The minimum absolute atomic E-state index is 0.164. The molecule has 0 atom stereocenters. The van der Waals surface area contributed by atoms with Gasteiger partial charge in [0.25, 0.3) is 5.91 Å². The first kappa shape index (κ1) is 17.4. The first-order valence-corrected chi connectivity index (χ1v) is 8.35. The summed E-state index contributed by atoms with van der Waals surface area (Å²) in [6.45, 7) is 0.673. The molecule has 1 N–H and O–H groups in total. The SMILES string of the molecule is O=C(O)CN(C(=O)c1ccn(-c2ccccc2Cl)n1)C1CCOCC1. The molecule has 0 radical (unpaired) electrons. The number of para-hydroxylation sites is 1. The summed E-state index contributed by atoms with van der Waals surface area (Å²) in [5.41, 5.74) is 0.840. The predicted molar refractivity (Wildman–Crippen MR) is 91.1 cm³/mol. The van der Waals surface area contributed by atoms with Gasteiger partial charge in [0, 0.05) is 25.5 Å². The maximum Gasteiger partial charge on any atom is 0.323 e. The van der Waals surface area contributed by atoms with Crippen molar-refractivity contribution in [2.24, 2.45) is 0 Å². The number of benzene rings is 1. The summed E-state index contributed by atoms with van der Waals surface area (Å²) in [6.07, 6.45) is 2.87. The molecule has 1 saturated heterocycles. The molecule has 0 unspecified atom stereocenters. The Hall–Kier alpha value is -2.38. The van der Waals surface area contributed by atoms with Crippen LogP contribution in [0, 0.1) is 0 Å². The van der Waals surface area contributed by atoms with Crippen LogP contribution in [0.3, 0.4) is 0 Å². The Morgan fingerprint density at radius 2 is 2.00 bits per heavy atom. The van der Waals surface area contributed by atoms with E-state index in [4.69, 9.17) is 21.4 Å². The van der Waals surface area contributed by atoms with Crippen molar-refractivity contribution < 1.29 is 19.4 Å². The van der Waals surface area contributed by atoms with Crippen molar-refractivity contribution in [3.8, 4) is 5.69 Å². The first-order chi connectivity index (χ1) is 12.1. The van der Waals surface area contributed by atoms with Gasteiger partial charge in [-0.3, -0.25) is 9.59 Å². The zero-order valence-electron chi connectivity index (χ0n) is 13.5. The summed E-state index contributed by atoms with van der Waals surface area (Å²) in [7, 11) is 0. The van der Waals surface area contributed by atoms with E-state index in [1.165, 1.54) is 9.58 Å². The molecule has 1 amide bonds. The van der Waals surface area contributed by atoms with Crippen LogP contribution in [-0.4, -0.2) is 57.5 Å². The van der Waals surface area contributed by atoms with Crippen molar-refractivity contribution in [3.05, 3.63) is 47.2 Å². The van der Waals surface area contributed by atoms with Crippen molar-refractivity contribution in [2.45, 2.75) is 18.9 Å². The summed E-state index contributed by atoms with van der Waals surface area (Å²) in [4.78, 5) is 25.4. The van der Waals surface area contributed by atoms with Crippen LogP contribution in [0.5, 0.6) is 0 Å². The number of carboxylic acids is 1. The van der Waals surface area contributed by atoms with Gasteiger partial charge < -0.3 is 14.7 Å². The number of hydrogen-bond donors (Lipinski definition) is 1.